The Morgan fingerprint density at radius 2 is 2.22 bits per heavy atom. The van der Waals surface area contributed by atoms with Crippen molar-refractivity contribution in [2.45, 2.75) is 6.92 Å². The van der Waals surface area contributed by atoms with Gasteiger partial charge in [-0.1, -0.05) is 23.4 Å². The molecule has 1 aliphatic heterocycles. The van der Waals surface area contributed by atoms with Gasteiger partial charge >= 0.3 is 5.97 Å². The maximum absolute atomic E-state index is 11.5. The molecule has 0 spiro atoms. The Hall–Kier alpha value is -1.81. The van der Waals surface area contributed by atoms with Crippen LogP contribution >= 0.6 is 11.6 Å². The molecule has 0 amide bonds. The predicted octanol–water partition coefficient (Wildman–Crippen LogP) is 2.62. The van der Waals surface area contributed by atoms with Crippen molar-refractivity contribution in [2.24, 2.45) is 5.16 Å². The lowest BCUT2D eigenvalue weighted by molar-refractivity contribution is -0.136. The minimum absolute atomic E-state index is 0.133. The van der Waals surface area contributed by atoms with Crippen LogP contribution in [-0.4, -0.2) is 24.2 Å². The van der Waals surface area contributed by atoms with E-state index in [-0.39, 0.29) is 5.88 Å². The number of para-hydroxylation sites is 1. The van der Waals surface area contributed by atoms with E-state index in [9.17, 15) is 4.79 Å². The van der Waals surface area contributed by atoms with Gasteiger partial charge in [0.15, 0.2) is 0 Å². The van der Waals surface area contributed by atoms with Crippen LogP contribution in [0, 0.1) is 0 Å². The van der Waals surface area contributed by atoms with Gasteiger partial charge in [-0.3, -0.25) is 0 Å². The van der Waals surface area contributed by atoms with Crippen LogP contribution in [0.5, 0.6) is 5.75 Å². The molecule has 0 aliphatic carbocycles. The molecule has 0 aromatic heterocycles. The molecule has 18 heavy (non-hydrogen) atoms. The third kappa shape index (κ3) is 2.54. The molecule has 0 atom stereocenters. The van der Waals surface area contributed by atoms with E-state index in [0.717, 1.165) is 5.56 Å². The quantitative estimate of drug-likeness (QED) is 0.478. The Morgan fingerprint density at radius 3 is 2.94 bits per heavy atom. The molecule has 1 heterocycles. The molecule has 1 aliphatic rings. The fourth-order valence-electron chi connectivity index (χ4n) is 1.59. The van der Waals surface area contributed by atoms with Crippen LogP contribution in [0.3, 0.4) is 0 Å². The molecule has 4 nitrogen and oxygen atoms in total. The average Bonchev–Trinajstić information content (AvgIpc) is 2.73. The van der Waals surface area contributed by atoms with E-state index in [4.69, 9.17) is 16.3 Å². The Kier molecular flexibility index (Phi) is 3.99. The van der Waals surface area contributed by atoms with Gasteiger partial charge in [0, 0.05) is 5.56 Å². The Bertz CT molecular complexity index is 523. The number of rotatable bonds is 4. The van der Waals surface area contributed by atoms with E-state index in [2.05, 4.69) is 9.99 Å². The highest BCUT2D eigenvalue weighted by Crippen LogP contribution is 2.23. The van der Waals surface area contributed by atoms with Crippen LogP contribution in [0.1, 0.15) is 12.5 Å². The summed E-state index contributed by atoms with van der Waals surface area (Å²) in [4.78, 5) is 16.1. The first-order chi connectivity index (χ1) is 8.76. The average molecular weight is 266 g/mol. The molecule has 0 fully saturated rings. The second kappa shape index (κ2) is 5.69. The van der Waals surface area contributed by atoms with Crippen molar-refractivity contribution in [3.63, 3.8) is 0 Å². The summed E-state index contributed by atoms with van der Waals surface area (Å²) >= 11 is 5.70. The smallest absolute Gasteiger partial charge is 0.367 e. The highest BCUT2D eigenvalue weighted by Gasteiger charge is 2.24. The topological polar surface area (TPSA) is 47.9 Å². The van der Waals surface area contributed by atoms with Gasteiger partial charge in [0.2, 0.25) is 0 Å². The van der Waals surface area contributed by atoms with E-state index >= 15 is 0 Å². The molecule has 1 aromatic carbocycles. The lowest BCUT2D eigenvalue weighted by Gasteiger charge is -2.06. The zero-order valence-corrected chi connectivity index (χ0v) is 10.6. The molecule has 0 radical (unpaired) electrons. The van der Waals surface area contributed by atoms with Crippen LogP contribution in [0.4, 0.5) is 0 Å². The third-order valence-corrected chi connectivity index (χ3v) is 2.67. The Labute approximate surface area is 110 Å². The fourth-order valence-corrected chi connectivity index (χ4v) is 1.79. The lowest BCUT2D eigenvalue weighted by Crippen LogP contribution is -2.06. The van der Waals surface area contributed by atoms with Gasteiger partial charge < -0.3 is 9.57 Å². The highest BCUT2D eigenvalue weighted by molar-refractivity contribution is 6.38. The summed E-state index contributed by atoms with van der Waals surface area (Å²) in [6, 6.07) is 7.44. The maximum atomic E-state index is 11.5. The third-order valence-electron chi connectivity index (χ3n) is 2.41. The molecule has 1 aromatic rings. The molecular formula is C13H12ClNO3. The van der Waals surface area contributed by atoms with Gasteiger partial charge in [-0.15, -0.1) is 11.6 Å². The van der Waals surface area contributed by atoms with Crippen LogP contribution in [0.2, 0.25) is 0 Å². The number of carbonyl (C=O) groups excluding carboxylic acids is 1. The largest absolute Gasteiger partial charge is 0.493 e. The fraction of sp³-hybridized carbons (Fsp3) is 0.231. The molecule has 0 unspecified atom stereocenters. The van der Waals surface area contributed by atoms with Crippen LogP contribution in [-0.2, 0) is 9.63 Å². The summed E-state index contributed by atoms with van der Waals surface area (Å²) in [7, 11) is 0. The SMILES string of the molecule is CCOc1ccccc1/C=C1\C(=O)ON=C1CCl. The van der Waals surface area contributed by atoms with E-state index in [1.165, 1.54) is 0 Å². The normalized spacial score (nSPS) is 16.7. The summed E-state index contributed by atoms with van der Waals surface area (Å²) in [5.74, 6) is 0.354. The van der Waals surface area contributed by atoms with Crippen LogP contribution in [0.25, 0.3) is 6.08 Å². The minimum Gasteiger partial charge on any atom is -0.493 e. The van der Waals surface area contributed by atoms with E-state index in [1.807, 2.05) is 31.2 Å². The molecule has 2 rings (SSSR count). The van der Waals surface area contributed by atoms with Gasteiger partial charge in [-0.25, -0.2) is 4.79 Å². The van der Waals surface area contributed by atoms with Crippen molar-refractivity contribution >= 4 is 29.4 Å². The molecule has 0 N–H and O–H groups in total. The minimum atomic E-state index is -0.489. The first-order valence-corrected chi connectivity index (χ1v) is 6.07. The van der Waals surface area contributed by atoms with Gasteiger partial charge in [0.1, 0.15) is 11.5 Å². The number of hydrogen-bond donors (Lipinski definition) is 0. The van der Waals surface area contributed by atoms with Gasteiger partial charge in [0.05, 0.1) is 18.1 Å². The van der Waals surface area contributed by atoms with Crippen molar-refractivity contribution in [2.75, 3.05) is 12.5 Å². The zero-order valence-electron chi connectivity index (χ0n) is 9.85. The van der Waals surface area contributed by atoms with Crippen LogP contribution in [0.15, 0.2) is 35.0 Å². The Morgan fingerprint density at radius 1 is 1.44 bits per heavy atom. The van der Waals surface area contributed by atoms with Crippen molar-refractivity contribution in [1.82, 2.24) is 0 Å². The summed E-state index contributed by atoms with van der Waals surface area (Å²) in [6.45, 7) is 2.46. The number of halogens is 1. The molecule has 5 heteroatoms. The second-order valence-electron chi connectivity index (χ2n) is 3.58. The van der Waals surface area contributed by atoms with E-state index in [0.29, 0.717) is 23.6 Å². The standard InChI is InChI=1S/C13H12ClNO3/c1-2-17-12-6-4-3-5-9(12)7-10-11(8-14)15-18-13(10)16/h3-7H,2,8H2,1H3/b10-7-. The molecule has 0 saturated heterocycles. The first-order valence-electron chi connectivity index (χ1n) is 5.54. The lowest BCUT2D eigenvalue weighted by atomic mass is 10.1. The Balaban J connectivity index is 2.38. The second-order valence-corrected chi connectivity index (χ2v) is 3.85. The summed E-state index contributed by atoms with van der Waals surface area (Å²) in [5, 5.41) is 3.61. The monoisotopic (exact) mass is 265 g/mol. The first kappa shape index (κ1) is 12.6. The van der Waals surface area contributed by atoms with Crippen molar-refractivity contribution < 1.29 is 14.4 Å². The number of carbonyl (C=O) groups is 1. The van der Waals surface area contributed by atoms with Crippen LogP contribution < -0.4 is 4.74 Å². The van der Waals surface area contributed by atoms with Crippen molar-refractivity contribution in [3.8, 4) is 5.75 Å². The molecule has 0 bridgehead atoms. The van der Waals surface area contributed by atoms with Crippen molar-refractivity contribution in [1.29, 1.82) is 0 Å². The zero-order chi connectivity index (χ0) is 13.0. The predicted molar refractivity (Wildman–Crippen MR) is 69.8 cm³/mol. The number of nitrogens with zero attached hydrogens (tertiary/aromatic N) is 1. The maximum Gasteiger partial charge on any atom is 0.367 e. The number of ether oxygens (including phenoxy) is 1. The molecular weight excluding hydrogens is 254 g/mol. The van der Waals surface area contributed by atoms with Gasteiger partial charge in [0.25, 0.3) is 0 Å². The number of hydrogen-bond acceptors (Lipinski definition) is 4. The van der Waals surface area contributed by atoms with Gasteiger partial charge in [-0.05, 0) is 19.1 Å². The number of alkyl halides is 1. The summed E-state index contributed by atoms with van der Waals surface area (Å²) < 4.78 is 5.48. The van der Waals surface area contributed by atoms with E-state index in [1.54, 1.807) is 6.08 Å². The summed E-state index contributed by atoms with van der Waals surface area (Å²) in [5.41, 5.74) is 1.61. The molecule has 94 valence electrons. The molecule has 0 saturated carbocycles. The number of oxime groups is 1. The number of benzene rings is 1. The van der Waals surface area contributed by atoms with E-state index < -0.39 is 5.97 Å². The van der Waals surface area contributed by atoms with Gasteiger partial charge in [-0.2, -0.15) is 0 Å². The highest BCUT2D eigenvalue weighted by atomic mass is 35.5. The summed E-state index contributed by atoms with van der Waals surface area (Å²) in [6.07, 6.45) is 1.68. The van der Waals surface area contributed by atoms with Crippen molar-refractivity contribution in [3.05, 3.63) is 35.4 Å².